The molecule has 0 spiro atoms. The molecule has 0 aromatic heterocycles. The molecule has 4 nitrogen and oxygen atoms in total. The Balaban J connectivity index is 1.38. The Bertz CT molecular complexity index is 1040. The Kier molecular flexibility index (Phi) is 5.61. The lowest BCUT2D eigenvalue weighted by molar-refractivity contribution is -0.133. The Hall–Kier alpha value is -3.14. The van der Waals surface area contributed by atoms with Crippen molar-refractivity contribution in [2.75, 3.05) is 13.1 Å². The molecule has 0 fully saturated rings. The molecule has 1 heterocycles. The first-order valence-corrected chi connectivity index (χ1v) is 10.2. The van der Waals surface area contributed by atoms with Crippen LogP contribution in [0.5, 0.6) is 0 Å². The number of carbonyl (C=O) groups is 2. The fraction of sp³-hybridized carbons (Fsp3) is 0.280. The van der Waals surface area contributed by atoms with E-state index in [0.29, 0.717) is 19.5 Å². The van der Waals surface area contributed by atoms with E-state index in [2.05, 4.69) is 41.7 Å². The molecule has 29 heavy (non-hydrogen) atoms. The molecule has 0 bridgehead atoms. The van der Waals surface area contributed by atoms with E-state index >= 15 is 0 Å². The van der Waals surface area contributed by atoms with E-state index in [-0.39, 0.29) is 17.9 Å². The largest absolute Gasteiger partial charge is 0.356 e. The number of hydrogen-bond acceptors (Lipinski definition) is 2. The zero-order valence-electron chi connectivity index (χ0n) is 16.7. The van der Waals surface area contributed by atoms with Gasteiger partial charge >= 0.3 is 0 Å². The van der Waals surface area contributed by atoms with Crippen LogP contribution in [0.3, 0.4) is 0 Å². The zero-order valence-corrected chi connectivity index (χ0v) is 16.7. The molecule has 0 saturated carbocycles. The van der Waals surface area contributed by atoms with Crippen molar-refractivity contribution in [2.45, 2.75) is 32.2 Å². The molecule has 1 aliphatic heterocycles. The monoisotopic (exact) mass is 386 g/mol. The standard InChI is InChI=1S/C25H26N2O2/c1-18(28)27-15-13-21-7-4-5-9-23(21)24(27)17-25(29)26-14-12-19-10-11-20-6-2-3-8-22(20)16-19/h2-11,16,24H,12-15,17H2,1H3,(H,26,29). The molecular weight excluding hydrogens is 360 g/mol. The van der Waals surface area contributed by atoms with Crippen molar-refractivity contribution >= 4 is 22.6 Å². The molecule has 0 aliphatic carbocycles. The highest BCUT2D eigenvalue weighted by Crippen LogP contribution is 2.32. The van der Waals surface area contributed by atoms with Gasteiger partial charge in [0.1, 0.15) is 0 Å². The SMILES string of the molecule is CC(=O)N1CCc2ccccc2C1CC(=O)NCCc1ccc2ccccc2c1. The summed E-state index contributed by atoms with van der Waals surface area (Å²) in [5.41, 5.74) is 3.54. The van der Waals surface area contributed by atoms with E-state index in [1.165, 1.54) is 21.9 Å². The second-order valence-corrected chi connectivity index (χ2v) is 7.66. The van der Waals surface area contributed by atoms with Crippen LogP contribution < -0.4 is 5.32 Å². The average Bonchev–Trinajstić information content (AvgIpc) is 2.73. The third-order valence-electron chi connectivity index (χ3n) is 5.75. The van der Waals surface area contributed by atoms with Crippen LogP contribution in [-0.2, 0) is 22.4 Å². The van der Waals surface area contributed by atoms with Gasteiger partial charge in [-0.2, -0.15) is 0 Å². The summed E-state index contributed by atoms with van der Waals surface area (Å²) in [5, 5.41) is 5.48. The predicted molar refractivity (Wildman–Crippen MR) is 116 cm³/mol. The fourth-order valence-electron chi connectivity index (χ4n) is 4.24. The van der Waals surface area contributed by atoms with E-state index in [0.717, 1.165) is 18.4 Å². The van der Waals surface area contributed by atoms with Crippen LogP contribution in [0.15, 0.2) is 66.7 Å². The van der Waals surface area contributed by atoms with Gasteiger partial charge in [0, 0.05) is 20.0 Å². The van der Waals surface area contributed by atoms with Gasteiger partial charge in [0.25, 0.3) is 0 Å². The van der Waals surface area contributed by atoms with Gasteiger partial charge in [-0.3, -0.25) is 9.59 Å². The maximum Gasteiger partial charge on any atom is 0.222 e. The van der Waals surface area contributed by atoms with E-state index in [1.54, 1.807) is 6.92 Å². The molecule has 3 aromatic carbocycles. The highest BCUT2D eigenvalue weighted by molar-refractivity contribution is 5.83. The third-order valence-corrected chi connectivity index (χ3v) is 5.75. The van der Waals surface area contributed by atoms with Crippen molar-refractivity contribution in [3.8, 4) is 0 Å². The van der Waals surface area contributed by atoms with Crippen LogP contribution in [-0.4, -0.2) is 29.8 Å². The van der Waals surface area contributed by atoms with Gasteiger partial charge in [0.05, 0.1) is 12.5 Å². The van der Waals surface area contributed by atoms with Crippen LogP contribution in [0, 0.1) is 0 Å². The van der Waals surface area contributed by atoms with Crippen molar-refractivity contribution < 1.29 is 9.59 Å². The van der Waals surface area contributed by atoms with Crippen LogP contribution in [0.25, 0.3) is 10.8 Å². The van der Waals surface area contributed by atoms with Gasteiger partial charge in [-0.05, 0) is 40.3 Å². The summed E-state index contributed by atoms with van der Waals surface area (Å²) in [7, 11) is 0. The summed E-state index contributed by atoms with van der Waals surface area (Å²) in [6.07, 6.45) is 1.93. The molecule has 3 aromatic rings. The van der Waals surface area contributed by atoms with E-state index in [4.69, 9.17) is 0 Å². The molecule has 4 rings (SSSR count). The summed E-state index contributed by atoms with van der Waals surface area (Å²) < 4.78 is 0. The highest BCUT2D eigenvalue weighted by atomic mass is 16.2. The third kappa shape index (κ3) is 4.32. The fourth-order valence-corrected chi connectivity index (χ4v) is 4.24. The predicted octanol–water partition coefficient (Wildman–Crippen LogP) is 4.03. The van der Waals surface area contributed by atoms with Crippen molar-refractivity contribution in [2.24, 2.45) is 0 Å². The lowest BCUT2D eigenvalue weighted by Crippen LogP contribution is -2.41. The molecule has 0 saturated heterocycles. The lowest BCUT2D eigenvalue weighted by Gasteiger charge is -2.36. The van der Waals surface area contributed by atoms with E-state index in [1.807, 2.05) is 35.2 Å². The summed E-state index contributed by atoms with van der Waals surface area (Å²) in [6, 6.07) is 22.6. The Labute approximate surface area is 171 Å². The lowest BCUT2D eigenvalue weighted by atomic mass is 9.90. The number of rotatable bonds is 5. The number of nitrogens with zero attached hydrogens (tertiary/aromatic N) is 1. The number of carbonyl (C=O) groups excluding carboxylic acids is 2. The molecule has 1 unspecified atom stereocenters. The normalized spacial score (nSPS) is 15.8. The molecule has 148 valence electrons. The summed E-state index contributed by atoms with van der Waals surface area (Å²) in [6.45, 7) is 2.84. The number of fused-ring (bicyclic) bond motifs is 2. The van der Waals surface area contributed by atoms with Crippen molar-refractivity contribution in [3.63, 3.8) is 0 Å². The molecule has 1 atom stereocenters. The topological polar surface area (TPSA) is 49.4 Å². The first-order chi connectivity index (χ1) is 14.1. The number of amides is 2. The maximum absolute atomic E-state index is 12.6. The first-order valence-electron chi connectivity index (χ1n) is 10.2. The summed E-state index contributed by atoms with van der Waals surface area (Å²) in [4.78, 5) is 26.6. The van der Waals surface area contributed by atoms with Gasteiger partial charge < -0.3 is 10.2 Å². The van der Waals surface area contributed by atoms with Gasteiger partial charge in [0.2, 0.25) is 11.8 Å². The quantitative estimate of drug-likeness (QED) is 0.720. The first kappa shape index (κ1) is 19.2. The molecule has 4 heteroatoms. The molecule has 2 amide bonds. The number of nitrogens with one attached hydrogen (secondary N) is 1. The van der Waals surface area contributed by atoms with Crippen molar-refractivity contribution in [3.05, 3.63) is 83.4 Å². The Morgan fingerprint density at radius 2 is 1.76 bits per heavy atom. The van der Waals surface area contributed by atoms with Crippen LogP contribution in [0.4, 0.5) is 0 Å². The maximum atomic E-state index is 12.6. The smallest absolute Gasteiger partial charge is 0.222 e. The van der Waals surface area contributed by atoms with E-state index in [9.17, 15) is 9.59 Å². The Morgan fingerprint density at radius 1 is 1.00 bits per heavy atom. The Morgan fingerprint density at radius 3 is 2.59 bits per heavy atom. The minimum absolute atomic E-state index is 0.0151. The van der Waals surface area contributed by atoms with Crippen LogP contribution in [0.2, 0.25) is 0 Å². The number of hydrogen-bond donors (Lipinski definition) is 1. The van der Waals surface area contributed by atoms with Crippen LogP contribution in [0.1, 0.15) is 36.1 Å². The molecule has 1 aliphatic rings. The van der Waals surface area contributed by atoms with Crippen molar-refractivity contribution in [1.29, 1.82) is 0 Å². The van der Waals surface area contributed by atoms with E-state index < -0.39 is 0 Å². The molecule has 1 N–H and O–H groups in total. The minimum atomic E-state index is -0.182. The van der Waals surface area contributed by atoms with Gasteiger partial charge in [-0.1, -0.05) is 66.7 Å². The average molecular weight is 386 g/mol. The van der Waals surface area contributed by atoms with Gasteiger partial charge in [-0.15, -0.1) is 0 Å². The van der Waals surface area contributed by atoms with Gasteiger partial charge in [-0.25, -0.2) is 0 Å². The van der Waals surface area contributed by atoms with Crippen LogP contribution >= 0.6 is 0 Å². The molecular formula is C25H26N2O2. The number of benzene rings is 3. The second-order valence-electron chi connectivity index (χ2n) is 7.66. The van der Waals surface area contributed by atoms with Gasteiger partial charge in [0.15, 0.2) is 0 Å². The summed E-state index contributed by atoms with van der Waals surface area (Å²) >= 11 is 0. The molecule has 0 radical (unpaired) electrons. The second kappa shape index (κ2) is 8.48. The minimum Gasteiger partial charge on any atom is -0.356 e. The summed E-state index contributed by atoms with van der Waals surface area (Å²) in [5.74, 6) is 0.00667. The van der Waals surface area contributed by atoms with Crippen molar-refractivity contribution in [1.82, 2.24) is 10.2 Å². The highest BCUT2D eigenvalue weighted by Gasteiger charge is 2.30. The zero-order chi connectivity index (χ0) is 20.2.